The molecular weight excluding hydrogens is 364 g/mol. The molecule has 8 nitrogen and oxygen atoms in total. The summed E-state index contributed by atoms with van der Waals surface area (Å²) in [5, 5.41) is 0. The molecule has 1 aromatic carbocycles. The number of anilines is 1. The van der Waals surface area contributed by atoms with E-state index < -0.39 is 5.79 Å². The smallest absolute Gasteiger partial charge is 0.228 e. The van der Waals surface area contributed by atoms with Crippen LogP contribution in [0.2, 0.25) is 0 Å². The minimum absolute atomic E-state index is 0.0242. The lowest BCUT2D eigenvalue weighted by Crippen LogP contribution is -2.49. The molecule has 1 spiro atoms. The summed E-state index contributed by atoms with van der Waals surface area (Å²) in [5.41, 5.74) is 0.661. The van der Waals surface area contributed by atoms with Gasteiger partial charge in [-0.2, -0.15) is 0 Å². The van der Waals surface area contributed by atoms with Crippen molar-refractivity contribution in [3.63, 3.8) is 0 Å². The Morgan fingerprint density at radius 3 is 2.50 bits per heavy atom. The van der Waals surface area contributed by atoms with Gasteiger partial charge >= 0.3 is 0 Å². The van der Waals surface area contributed by atoms with Gasteiger partial charge in [0.25, 0.3) is 0 Å². The minimum atomic E-state index is -0.509. The summed E-state index contributed by atoms with van der Waals surface area (Å²) >= 11 is 0. The van der Waals surface area contributed by atoms with Crippen LogP contribution in [0.4, 0.5) is 5.69 Å². The van der Waals surface area contributed by atoms with Crippen LogP contribution in [0.1, 0.15) is 19.3 Å². The molecule has 8 heteroatoms. The fourth-order valence-electron chi connectivity index (χ4n) is 4.23. The molecule has 4 rings (SSSR count). The van der Waals surface area contributed by atoms with Crippen molar-refractivity contribution in [2.75, 3.05) is 52.0 Å². The number of piperidine rings is 1. The molecule has 0 radical (unpaired) electrons. The van der Waals surface area contributed by atoms with Gasteiger partial charge in [0.15, 0.2) is 5.79 Å². The van der Waals surface area contributed by atoms with Gasteiger partial charge in [-0.3, -0.25) is 9.59 Å². The zero-order valence-electron chi connectivity index (χ0n) is 16.3. The molecule has 0 bridgehead atoms. The Hall–Kier alpha value is -2.32. The van der Waals surface area contributed by atoms with E-state index in [-0.39, 0.29) is 24.2 Å². The second-order valence-corrected chi connectivity index (χ2v) is 7.38. The van der Waals surface area contributed by atoms with Crippen LogP contribution in [0.25, 0.3) is 0 Å². The van der Waals surface area contributed by atoms with Gasteiger partial charge in [0, 0.05) is 45.0 Å². The number of carbonyl (C=O) groups excluding carboxylic acids is 2. The van der Waals surface area contributed by atoms with E-state index in [0.29, 0.717) is 62.9 Å². The zero-order chi connectivity index (χ0) is 19.7. The SMILES string of the molecule is COc1ccc(N2CC(C(=O)N3CCC4(CC3)OCCO4)CC2=O)c(OC)c1. The Morgan fingerprint density at radius 1 is 1.14 bits per heavy atom. The number of hydrogen-bond donors (Lipinski definition) is 0. The van der Waals surface area contributed by atoms with Crippen molar-refractivity contribution in [2.45, 2.75) is 25.0 Å². The Balaban J connectivity index is 1.43. The van der Waals surface area contributed by atoms with Crippen molar-refractivity contribution in [3.8, 4) is 11.5 Å². The maximum Gasteiger partial charge on any atom is 0.228 e. The van der Waals surface area contributed by atoms with E-state index in [2.05, 4.69) is 0 Å². The van der Waals surface area contributed by atoms with Gasteiger partial charge in [-0.1, -0.05) is 0 Å². The molecule has 28 heavy (non-hydrogen) atoms. The maximum absolute atomic E-state index is 13.0. The molecular formula is C20H26N2O6. The van der Waals surface area contributed by atoms with Crippen LogP contribution in [-0.2, 0) is 19.1 Å². The summed E-state index contributed by atoms with van der Waals surface area (Å²) in [5.74, 6) is 0.299. The van der Waals surface area contributed by atoms with E-state index in [0.717, 1.165) is 0 Å². The quantitative estimate of drug-likeness (QED) is 0.774. The second kappa shape index (κ2) is 7.60. The van der Waals surface area contributed by atoms with Gasteiger partial charge < -0.3 is 28.7 Å². The Morgan fingerprint density at radius 2 is 1.86 bits per heavy atom. The summed E-state index contributed by atoms with van der Waals surface area (Å²) in [6, 6.07) is 5.32. The van der Waals surface area contributed by atoms with Crippen molar-refractivity contribution in [2.24, 2.45) is 5.92 Å². The topological polar surface area (TPSA) is 77.5 Å². The highest BCUT2D eigenvalue weighted by atomic mass is 16.7. The van der Waals surface area contributed by atoms with Gasteiger partial charge in [-0.15, -0.1) is 0 Å². The van der Waals surface area contributed by atoms with Crippen LogP contribution in [-0.4, -0.2) is 69.6 Å². The third-order valence-electron chi connectivity index (χ3n) is 5.80. The first-order chi connectivity index (χ1) is 13.5. The van der Waals surface area contributed by atoms with Crippen LogP contribution >= 0.6 is 0 Å². The number of methoxy groups -OCH3 is 2. The molecule has 0 saturated carbocycles. The number of rotatable bonds is 4. The van der Waals surface area contributed by atoms with Gasteiger partial charge in [0.1, 0.15) is 11.5 Å². The first-order valence-electron chi connectivity index (χ1n) is 9.64. The van der Waals surface area contributed by atoms with Gasteiger partial charge in [-0.05, 0) is 12.1 Å². The fourth-order valence-corrected chi connectivity index (χ4v) is 4.23. The number of ether oxygens (including phenoxy) is 4. The van der Waals surface area contributed by atoms with E-state index in [1.165, 1.54) is 0 Å². The molecule has 0 aliphatic carbocycles. The van der Waals surface area contributed by atoms with Gasteiger partial charge in [-0.25, -0.2) is 0 Å². The van der Waals surface area contributed by atoms with E-state index in [9.17, 15) is 9.59 Å². The third-order valence-corrected chi connectivity index (χ3v) is 5.80. The summed E-state index contributed by atoms with van der Waals surface area (Å²) < 4.78 is 22.1. The summed E-state index contributed by atoms with van der Waals surface area (Å²) in [6.45, 7) is 2.77. The second-order valence-electron chi connectivity index (χ2n) is 7.38. The predicted molar refractivity (Wildman–Crippen MR) is 100 cm³/mol. The molecule has 3 fully saturated rings. The Kier molecular flexibility index (Phi) is 5.16. The molecule has 152 valence electrons. The van der Waals surface area contributed by atoms with Crippen LogP contribution in [0, 0.1) is 5.92 Å². The molecule has 3 aliphatic heterocycles. The average molecular weight is 390 g/mol. The molecule has 0 aromatic heterocycles. The zero-order valence-corrected chi connectivity index (χ0v) is 16.3. The number of amides is 2. The van der Waals surface area contributed by atoms with Crippen molar-refractivity contribution < 1.29 is 28.5 Å². The number of benzene rings is 1. The van der Waals surface area contributed by atoms with Crippen molar-refractivity contribution in [1.29, 1.82) is 0 Å². The lowest BCUT2D eigenvalue weighted by atomic mass is 10.0. The maximum atomic E-state index is 13.0. The first-order valence-corrected chi connectivity index (χ1v) is 9.64. The molecule has 0 N–H and O–H groups in total. The van der Waals surface area contributed by atoms with Crippen LogP contribution in [0.5, 0.6) is 11.5 Å². The molecule has 1 aromatic rings. The molecule has 3 saturated heterocycles. The molecule has 2 amide bonds. The number of likely N-dealkylation sites (tertiary alicyclic amines) is 1. The highest BCUT2D eigenvalue weighted by Crippen LogP contribution is 2.37. The van der Waals surface area contributed by atoms with E-state index in [4.69, 9.17) is 18.9 Å². The molecule has 1 unspecified atom stereocenters. The first kappa shape index (κ1) is 19.0. The highest BCUT2D eigenvalue weighted by molar-refractivity contribution is 6.01. The average Bonchev–Trinajstić information content (AvgIpc) is 3.34. The van der Waals surface area contributed by atoms with Crippen LogP contribution in [0.3, 0.4) is 0 Å². The minimum Gasteiger partial charge on any atom is -0.497 e. The largest absolute Gasteiger partial charge is 0.497 e. The lowest BCUT2D eigenvalue weighted by Gasteiger charge is -2.38. The summed E-state index contributed by atoms with van der Waals surface area (Å²) in [7, 11) is 3.13. The lowest BCUT2D eigenvalue weighted by molar-refractivity contribution is -0.188. The normalized spacial score (nSPS) is 24.1. The molecule has 1 atom stereocenters. The van der Waals surface area contributed by atoms with Gasteiger partial charge in [0.2, 0.25) is 11.8 Å². The van der Waals surface area contributed by atoms with E-state index in [1.807, 2.05) is 4.90 Å². The van der Waals surface area contributed by atoms with Crippen molar-refractivity contribution in [3.05, 3.63) is 18.2 Å². The standard InChI is InChI=1S/C20H26N2O6/c1-25-15-3-4-16(17(12-15)26-2)22-13-14(11-18(22)23)19(24)21-7-5-20(6-8-21)27-9-10-28-20/h3-4,12,14H,5-11,13H2,1-2H3. The van der Waals surface area contributed by atoms with Crippen LogP contribution < -0.4 is 14.4 Å². The number of carbonyl (C=O) groups is 2. The monoisotopic (exact) mass is 390 g/mol. The van der Waals surface area contributed by atoms with Crippen molar-refractivity contribution in [1.82, 2.24) is 4.90 Å². The highest BCUT2D eigenvalue weighted by Gasteiger charge is 2.44. The summed E-state index contributed by atoms with van der Waals surface area (Å²) in [6.07, 6.45) is 1.56. The van der Waals surface area contributed by atoms with Crippen LogP contribution in [0.15, 0.2) is 18.2 Å². The third kappa shape index (κ3) is 3.42. The Bertz CT molecular complexity index is 751. The van der Waals surface area contributed by atoms with E-state index >= 15 is 0 Å². The number of hydrogen-bond acceptors (Lipinski definition) is 6. The Labute approximate surface area is 164 Å². The van der Waals surface area contributed by atoms with Gasteiger partial charge in [0.05, 0.1) is 39.0 Å². The van der Waals surface area contributed by atoms with Crippen molar-refractivity contribution >= 4 is 17.5 Å². The number of nitrogens with zero attached hydrogens (tertiary/aromatic N) is 2. The van der Waals surface area contributed by atoms with E-state index in [1.54, 1.807) is 37.3 Å². The summed E-state index contributed by atoms with van der Waals surface area (Å²) in [4.78, 5) is 29.1. The molecule has 3 heterocycles. The predicted octanol–water partition coefficient (Wildman–Crippen LogP) is 1.42. The molecule has 3 aliphatic rings. The fraction of sp³-hybridized carbons (Fsp3) is 0.600.